The lowest BCUT2D eigenvalue weighted by atomic mass is 10.0. The van der Waals surface area contributed by atoms with Gasteiger partial charge in [0.05, 0.1) is 21.7 Å². The molecule has 2 heterocycles. The lowest BCUT2D eigenvalue weighted by Gasteiger charge is -2.10. The maximum Gasteiger partial charge on any atom is 0.282 e. The first kappa shape index (κ1) is 18.7. The average molecular weight is 399 g/mol. The van der Waals surface area contributed by atoms with E-state index < -0.39 is 10.0 Å². The first-order chi connectivity index (χ1) is 14.0. The summed E-state index contributed by atoms with van der Waals surface area (Å²) < 4.78 is 32.2. The molecule has 0 N–H and O–H groups in total. The van der Waals surface area contributed by atoms with Crippen molar-refractivity contribution in [1.82, 2.24) is 4.40 Å². The smallest absolute Gasteiger partial charge is 0.282 e. The van der Waals surface area contributed by atoms with E-state index in [0.717, 1.165) is 0 Å². The van der Waals surface area contributed by atoms with Crippen LogP contribution in [-0.2, 0) is 10.0 Å². The molecule has 6 heteroatoms. The van der Waals surface area contributed by atoms with Crippen LogP contribution < -0.4 is 0 Å². The van der Waals surface area contributed by atoms with Crippen molar-refractivity contribution in [2.24, 2.45) is 4.40 Å². The van der Waals surface area contributed by atoms with Gasteiger partial charge in [0, 0.05) is 11.8 Å². The van der Waals surface area contributed by atoms with Crippen molar-refractivity contribution in [3.05, 3.63) is 107 Å². The van der Waals surface area contributed by atoms with Gasteiger partial charge in [0.2, 0.25) is 0 Å². The summed E-state index contributed by atoms with van der Waals surface area (Å²) in [5, 5.41) is 9.67. The Bertz CT molecular complexity index is 1360. The van der Waals surface area contributed by atoms with Crippen LogP contribution >= 0.6 is 0 Å². The van der Waals surface area contributed by atoms with Crippen molar-refractivity contribution >= 4 is 21.3 Å². The first-order valence-corrected chi connectivity index (χ1v) is 10.4. The van der Waals surface area contributed by atoms with E-state index in [1.807, 2.05) is 66.1 Å². The highest BCUT2D eigenvalue weighted by Gasteiger charge is 2.23. The lowest BCUT2D eigenvalue weighted by molar-refractivity contribution is 0.598. The Balaban J connectivity index is 2.07. The molecular weight excluding hydrogens is 382 g/mol. The third-order valence-corrected chi connectivity index (χ3v) is 6.01. The van der Waals surface area contributed by atoms with Crippen molar-refractivity contribution < 1.29 is 8.42 Å². The van der Waals surface area contributed by atoms with Crippen LogP contribution in [0.2, 0.25) is 0 Å². The van der Waals surface area contributed by atoms with Gasteiger partial charge in [-0.25, -0.2) is 0 Å². The van der Waals surface area contributed by atoms with Crippen molar-refractivity contribution in [3.63, 3.8) is 0 Å². The van der Waals surface area contributed by atoms with Gasteiger partial charge in [0.25, 0.3) is 10.0 Å². The van der Waals surface area contributed by atoms with Crippen LogP contribution in [0.5, 0.6) is 0 Å². The van der Waals surface area contributed by atoms with Gasteiger partial charge in [0.1, 0.15) is 11.8 Å². The van der Waals surface area contributed by atoms with Gasteiger partial charge in [-0.2, -0.15) is 18.1 Å². The van der Waals surface area contributed by atoms with E-state index in [4.69, 9.17) is 0 Å². The Morgan fingerprint density at radius 3 is 2.21 bits per heavy atom. The SMILES string of the molecule is Cc1c(C#N)c2ccccn2c1/C(=N/S(=O)(=O)c1ccccc1)c1ccccc1. The molecule has 0 atom stereocenters. The molecule has 5 nitrogen and oxygen atoms in total. The predicted octanol–water partition coefficient (Wildman–Crippen LogP) is 4.35. The van der Waals surface area contributed by atoms with Gasteiger partial charge in [-0.05, 0) is 36.8 Å². The molecule has 29 heavy (non-hydrogen) atoms. The normalized spacial score (nSPS) is 12.1. The zero-order chi connectivity index (χ0) is 20.4. The number of benzene rings is 2. The number of rotatable bonds is 4. The number of sulfonamides is 1. The second kappa shape index (κ2) is 7.38. The fourth-order valence-electron chi connectivity index (χ4n) is 3.36. The molecule has 0 bridgehead atoms. The summed E-state index contributed by atoms with van der Waals surface area (Å²) in [6, 6.07) is 25.0. The Hall–Kier alpha value is -3.69. The summed E-state index contributed by atoms with van der Waals surface area (Å²) >= 11 is 0. The predicted molar refractivity (Wildman–Crippen MR) is 113 cm³/mol. The van der Waals surface area contributed by atoms with Gasteiger partial charge < -0.3 is 4.40 Å². The molecule has 4 aromatic rings. The number of nitriles is 1. The molecular formula is C23H17N3O2S. The molecule has 0 aliphatic rings. The summed E-state index contributed by atoms with van der Waals surface area (Å²) in [5.74, 6) is 0. The van der Waals surface area contributed by atoms with E-state index in [2.05, 4.69) is 10.5 Å². The van der Waals surface area contributed by atoms with Gasteiger partial charge in [0.15, 0.2) is 0 Å². The van der Waals surface area contributed by atoms with Crippen LogP contribution in [0.15, 0.2) is 94.4 Å². The molecule has 4 rings (SSSR count). The monoisotopic (exact) mass is 399 g/mol. The minimum absolute atomic E-state index is 0.118. The standard InChI is InChI=1S/C23H17N3O2S/c1-17-20(16-24)21-14-8-9-15-26(21)23(17)22(18-10-4-2-5-11-18)25-29(27,28)19-12-6-3-7-13-19/h2-15H,1H3/b25-22+. The molecule has 0 aliphatic carbocycles. The highest BCUT2D eigenvalue weighted by atomic mass is 32.2. The number of nitrogens with zero attached hydrogens (tertiary/aromatic N) is 3. The molecule has 0 fully saturated rings. The summed E-state index contributed by atoms with van der Waals surface area (Å²) in [6.07, 6.45) is 1.81. The van der Waals surface area contributed by atoms with Crippen LogP contribution in [0.1, 0.15) is 22.4 Å². The highest BCUT2D eigenvalue weighted by molar-refractivity contribution is 7.90. The van der Waals surface area contributed by atoms with Gasteiger partial charge in [-0.1, -0.05) is 54.6 Å². The number of pyridine rings is 1. The minimum atomic E-state index is -3.95. The number of hydrogen-bond donors (Lipinski definition) is 0. The fourth-order valence-corrected chi connectivity index (χ4v) is 4.40. The van der Waals surface area contributed by atoms with Gasteiger partial charge >= 0.3 is 0 Å². The van der Waals surface area contributed by atoms with Crippen LogP contribution in [0.4, 0.5) is 0 Å². The van der Waals surface area contributed by atoms with Crippen LogP contribution in [0.25, 0.3) is 5.52 Å². The van der Waals surface area contributed by atoms with Crippen LogP contribution in [-0.4, -0.2) is 18.5 Å². The third kappa shape index (κ3) is 3.33. The maximum atomic E-state index is 13.1. The molecule has 2 aromatic heterocycles. The van der Waals surface area contributed by atoms with Crippen molar-refractivity contribution in [2.45, 2.75) is 11.8 Å². The molecule has 0 saturated heterocycles. The second-order valence-electron chi connectivity index (χ2n) is 6.51. The Morgan fingerprint density at radius 1 is 0.931 bits per heavy atom. The summed E-state index contributed by atoms with van der Waals surface area (Å²) in [4.78, 5) is 0.118. The van der Waals surface area contributed by atoms with Crippen molar-refractivity contribution in [2.75, 3.05) is 0 Å². The average Bonchev–Trinajstić information content (AvgIpc) is 3.04. The quantitative estimate of drug-likeness (QED) is 0.479. The third-order valence-electron chi connectivity index (χ3n) is 4.72. The minimum Gasteiger partial charge on any atom is -0.313 e. The van der Waals surface area contributed by atoms with Crippen molar-refractivity contribution in [3.8, 4) is 6.07 Å². The molecule has 0 unspecified atom stereocenters. The Kier molecular flexibility index (Phi) is 4.75. The molecule has 142 valence electrons. The zero-order valence-corrected chi connectivity index (χ0v) is 16.5. The van der Waals surface area contributed by atoms with E-state index in [9.17, 15) is 13.7 Å². The first-order valence-electron chi connectivity index (χ1n) is 8.98. The number of fused-ring (bicyclic) bond motifs is 1. The summed E-state index contributed by atoms with van der Waals surface area (Å²) in [6.45, 7) is 1.81. The molecule has 0 aliphatic heterocycles. The maximum absolute atomic E-state index is 13.1. The molecule has 2 aromatic carbocycles. The van der Waals surface area contributed by atoms with E-state index in [0.29, 0.717) is 33.6 Å². The number of hydrogen-bond acceptors (Lipinski definition) is 3. The largest absolute Gasteiger partial charge is 0.313 e. The van der Waals surface area contributed by atoms with E-state index >= 15 is 0 Å². The van der Waals surface area contributed by atoms with Gasteiger partial charge in [-0.3, -0.25) is 0 Å². The molecule has 0 spiro atoms. The van der Waals surface area contributed by atoms with Crippen molar-refractivity contribution in [1.29, 1.82) is 5.26 Å². The van der Waals surface area contributed by atoms with Gasteiger partial charge in [-0.15, -0.1) is 0 Å². The zero-order valence-electron chi connectivity index (χ0n) is 15.6. The second-order valence-corrected chi connectivity index (χ2v) is 8.11. The molecule has 0 saturated carbocycles. The Labute approximate surface area is 169 Å². The number of aromatic nitrogens is 1. The topological polar surface area (TPSA) is 74.7 Å². The highest BCUT2D eigenvalue weighted by Crippen LogP contribution is 2.26. The molecule has 0 amide bonds. The summed E-state index contributed by atoms with van der Waals surface area (Å²) in [7, 11) is -3.95. The lowest BCUT2D eigenvalue weighted by Crippen LogP contribution is -2.12. The molecule has 0 radical (unpaired) electrons. The fraction of sp³-hybridized carbons (Fsp3) is 0.0435. The van der Waals surface area contributed by atoms with E-state index in [1.54, 1.807) is 18.2 Å². The van der Waals surface area contributed by atoms with Crippen LogP contribution in [0.3, 0.4) is 0 Å². The van der Waals surface area contributed by atoms with E-state index in [1.165, 1.54) is 12.1 Å². The van der Waals surface area contributed by atoms with E-state index in [-0.39, 0.29) is 4.90 Å². The van der Waals surface area contributed by atoms with Crippen LogP contribution in [0, 0.1) is 18.3 Å². The Morgan fingerprint density at radius 2 is 1.55 bits per heavy atom. The summed E-state index contributed by atoms with van der Waals surface area (Å²) in [5.41, 5.74) is 3.44.